The standard InChI is InChI=1S/C51H30N4OS/c1-3-14-31(15-4-1)49-52-50(32-16-5-2-6-17-32)54-51(53-49)33-28-29-36-38-21-11-22-39(48(38)57-45(36)30-33)37-20-13-27-44-46(37)40-23-12-26-43(47(40)56-44)55-41-24-9-7-18-34(41)35-19-8-10-25-42(35)55/h1-30H. The molecule has 0 aliphatic heterocycles. The number of nitrogens with zero attached hydrogens (tertiary/aromatic N) is 4. The van der Waals surface area contributed by atoms with E-state index in [0.29, 0.717) is 17.5 Å². The predicted octanol–water partition coefficient (Wildman–Crippen LogP) is 13.9. The molecule has 0 spiro atoms. The monoisotopic (exact) mass is 746 g/mol. The maximum absolute atomic E-state index is 6.85. The van der Waals surface area contributed by atoms with Crippen LogP contribution in [0.15, 0.2) is 186 Å². The summed E-state index contributed by atoms with van der Waals surface area (Å²) in [6.45, 7) is 0. The van der Waals surface area contributed by atoms with E-state index in [1.165, 1.54) is 36.5 Å². The lowest BCUT2D eigenvalue weighted by Crippen LogP contribution is -1.99. The van der Waals surface area contributed by atoms with Gasteiger partial charge in [-0.3, -0.25) is 0 Å². The van der Waals surface area contributed by atoms with Gasteiger partial charge in [-0.05, 0) is 35.9 Å². The third kappa shape index (κ3) is 4.98. The van der Waals surface area contributed by atoms with Crippen molar-refractivity contribution in [2.45, 2.75) is 0 Å². The van der Waals surface area contributed by atoms with Crippen LogP contribution in [-0.4, -0.2) is 19.5 Å². The van der Waals surface area contributed by atoms with Gasteiger partial charge in [-0.25, -0.2) is 15.0 Å². The lowest BCUT2D eigenvalue weighted by Gasteiger charge is -2.09. The molecule has 0 aliphatic rings. The zero-order valence-corrected chi connectivity index (χ0v) is 31.2. The molecule has 5 nitrogen and oxygen atoms in total. The first-order valence-electron chi connectivity index (χ1n) is 19.0. The van der Waals surface area contributed by atoms with Gasteiger partial charge in [0.1, 0.15) is 5.58 Å². The molecule has 12 rings (SSSR count). The first kappa shape index (κ1) is 31.9. The number of rotatable bonds is 5. The molecule has 0 radical (unpaired) electrons. The number of furan rings is 1. The second-order valence-corrected chi connectivity index (χ2v) is 15.4. The molecule has 8 aromatic carbocycles. The third-order valence-corrected chi connectivity index (χ3v) is 12.3. The van der Waals surface area contributed by atoms with E-state index >= 15 is 0 Å². The lowest BCUT2D eigenvalue weighted by atomic mass is 9.97. The highest BCUT2D eigenvalue weighted by atomic mass is 32.1. The smallest absolute Gasteiger partial charge is 0.164 e. The highest BCUT2D eigenvalue weighted by Crippen LogP contribution is 2.46. The summed E-state index contributed by atoms with van der Waals surface area (Å²) < 4.78 is 11.6. The second kappa shape index (κ2) is 12.6. The summed E-state index contributed by atoms with van der Waals surface area (Å²) in [5.74, 6) is 1.95. The summed E-state index contributed by atoms with van der Waals surface area (Å²) in [6.07, 6.45) is 0. The largest absolute Gasteiger partial charge is 0.454 e. The molecule has 0 N–H and O–H groups in total. The molecule has 0 unspecified atom stereocenters. The van der Waals surface area contributed by atoms with Crippen LogP contribution in [0.25, 0.3) is 115 Å². The molecule has 12 aromatic rings. The van der Waals surface area contributed by atoms with Crippen molar-refractivity contribution in [3.05, 3.63) is 182 Å². The summed E-state index contributed by atoms with van der Waals surface area (Å²) >= 11 is 1.81. The van der Waals surface area contributed by atoms with Gasteiger partial charge in [-0.1, -0.05) is 152 Å². The minimum absolute atomic E-state index is 0.649. The summed E-state index contributed by atoms with van der Waals surface area (Å²) in [5.41, 5.74) is 10.3. The van der Waals surface area contributed by atoms with Crippen LogP contribution in [0, 0.1) is 0 Å². The van der Waals surface area contributed by atoms with Gasteiger partial charge >= 0.3 is 0 Å². The Hall–Kier alpha value is -7.41. The topological polar surface area (TPSA) is 56.7 Å². The minimum Gasteiger partial charge on any atom is -0.454 e. The van der Waals surface area contributed by atoms with E-state index in [1.807, 2.05) is 72.0 Å². The molecule has 6 heteroatoms. The highest BCUT2D eigenvalue weighted by Gasteiger charge is 2.21. The number of thiophene rings is 1. The van der Waals surface area contributed by atoms with Crippen molar-refractivity contribution in [2.24, 2.45) is 0 Å². The summed E-state index contributed by atoms with van der Waals surface area (Å²) in [5, 5.41) is 7.10. The summed E-state index contributed by atoms with van der Waals surface area (Å²) in [6, 6.07) is 63.7. The molecule has 0 saturated heterocycles. The molecular formula is C51H30N4OS. The molecule has 57 heavy (non-hydrogen) atoms. The van der Waals surface area contributed by atoms with E-state index in [9.17, 15) is 0 Å². The first-order valence-corrected chi connectivity index (χ1v) is 19.8. The maximum Gasteiger partial charge on any atom is 0.164 e. The van der Waals surface area contributed by atoms with Gasteiger partial charge in [0.2, 0.25) is 0 Å². The third-order valence-electron chi connectivity index (χ3n) is 11.1. The molecule has 4 aromatic heterocycles. The number of hydrogen-bond acceptors (Lipinski definition) is 5. The van der Waals surface area contributed by atoms with E-state index in [2.05, 4.69) is 126 Å². The van der Waals surface area contributed by atoms with E-state index in [0.717, 1.165) is 60.9 Å². The average molecular weight is 747 g/mol. The van der Waals surface area contributed by atoms with Gasteiger partial charge in [0, 0.05) is 64.0 Å². The van der Waals surface area contributed by atoms with Crippen LogP contribution in [-0.2, 0) is 0 Å². The highest BCUT2D eigenvalue weighted by molar-refractivity contribution is 7.26. The Morgan fingerprint density at radius 3 is 1.68 bits per heavy atom. The molecule has 0 fully saturated rings. The van der Waals surface area contributed by atoms with Crippen LogP contribution in [0.2, 0.25) is 0 Å². The quantitative estimate of drug-likeness (QED) is 0.176. The average Bonchev–Trinajstić information content (AvgIpc) is 3.96. The molecular weight excluding hydrogens is 717 g/mol. The van der Waals surface area contributed by atoms with Crippen molar-refractivity contribution in [3.8, 4) is 51.0 Å². The summed E-state index contributed by atoms with van der Waals surface area (Å²) in [4.78, 5) is 14.9. The number of hydrogen-bond donors (Lipinski definition) is 0. The molecule has 0 aliphatic carbocycles. The number of fused-ring (bicyclic) bond motifs is 9. The van der Waals surface area contributed by atoms with Gasteiger partial charge in [0.05, 0.1) is 16.7 Å². The normalized spacial score (nSPS) is 11.9. The van der Waals surface area contributed by atoms with Crippen molar-refractivity contribution in [1.82, 2.24) is 19.5 Å². The Bertz CT molecular complexity index is 3420. The van der Waals surface area contributed by atoms with Crippen LogP contribution in [0.4, 0.5) is 0 Å². The van der Waals surface area contributed by atoms with Crippen molar-refractivity contribution in [3.63, 3.8) is 0 Å². The Kier molecular flexibility index (Phi) is 7.03. The van der Waals surface area contributed by atoms with Crippen LogP contribution in [0.1, 0.15) is 0 Å². The Morgan fingerprint density at radius 1 is 0.421 bits per heavy atom. The van der Waals surface area contributed by atoms with E-state index < -0.39 is 0 Å². The van der Waals surface area contributed by atoms with Gasteiger partial charge < -0.3 is 8.98 Å². The molecule has 0 amide bonds. The molecule has 266 valence electrons. The molecule has 0 saturated carbocycles. The zero-order valence-electron chi connectivity index (χ0n) is 30.4. The summed E-state index contributed by atoms with van der Waals surface area (Å²) in [7, 11) is 0. The fourth-order valence-corrected chi connectivity index (χ4v) is 9.77. The van der Waals surface area contributed by atoms with Crippen LogP contribution < -0.4 is 0 Å². The maximum atomic E-state index is 6.85. The van der Waals surface area contributed by atoms with Crippen LogP contribution in [0.5, 0.6) is 0 Å². The van der Waals surface area contributed by atoms with E-state index in [4.69, 9.17) is 19.4 Å². The van der Waals surface area contributed by atoms with Gasteiger partial charge in [0.25, 0.3) is 0 Å². The molecule has 0 atom stereocenters. The first-order chi connectivity index (χ1) is 28.3. The number of benzene rings is 8. The van der Waals surface area contributed by atoms with Crippen LogP contribution >= 0.6 is 11.3 Å². The van der Waals surface area contributed by atoms with Gasteiger partial charge in [0.15, 0.2) is 23.1 Å². The van der Waals surface area contributed by atoms with Gasteiger partial charge in [-0.15, -0.1) is 11.3 Å². The Morgan fingerprint density at radius 2 is 0.982 bits per heavy atom. The fraction of sp³-hybridized carbons (Fsp3) is 0. The predicted molar refractivity (Wildman–Crippen MR) is 236 cm³/mol. The van der Waals surface area contributed by atoms with E-state index in [1.54, 1.807) is 0 Å². The SMILES string of the molecule is c1ccc(-c2nc(-c3ccccc3)nc(-c3ccc4c(c3)sc3c(-c5cccc6oc7c(-n8c9ccccc9c9ccccc98)cccc7c56)cccc34)n2)cc1. The fourth-order valence-electron chi connectivity index (χ4n) is 8.50. The molecule has 4 heterocycles. The lowest BCUT2D eigenvalue weighted by molar-refractivity contribution is 0.666. The van der Waals surface area contributed by atoms with Crippen molar-refractivity contribution < 1.29 is 4.42 Å². The van der Waals surface area contributed by atoms with E-state index in [-0.39, 0.29) is 0 Å². The molecule has 0 bridgehead atoms. The Labute approximate surface area is 330 Å². The van der Waals surface area contributed by atoms with Crippen molar-refractivity contribution in [2.75, 3.05) is 0 Å². The van der Waals surface area contributed by atoms with Crippen molar-refractivity contribution in [1.29, 1.82) is 0 Å². The Balaban J connectivity index is 1.03. The van der Waals surface area contributed by atoms with Gasteiger partial charge in [-0.2, -0.15) is 0 Å². The number of aromatic nitrogens is 4. The van der Waals surface area contributed by atoms with Crippen molar-refractivity contribution >= 4 is 75.3 Å². The number of para-hydroxylation sites is 3. The minimum atomic E-state index is 0.649. The van der Waals surface area contributed by atoms with Crippen LogP contribution in [0.3, 0.4) is 0 Å². The second-order valence-electron chi connectivity index (χ2n) is 14.3. The zero-order chi connectivity index (χ0) is 37.5.